The van der Waals surface area contributed by atoms with Crippen molar-refractivity contribution in [3.05, 3.63) is 11.6 Å². The minimum absolute atomic E-state index is 0.0316. The molecular formula is C22H32O4. The third-order valence-corrected chi connectivity index (χ3v) is 8.80. The van der Waals surface area contributed by atoms with Crippen LogP contribution in [0.4, 0.5) is 0 Å². The van der Waals surface area contributed by atoms with Gasteiger partial charge in [0, 0.05) is 12.5 Å². The molecule has 0 radical (unpaired) electrons. The van der Waals surface area contributed by atoms with Crippen LogP contribution in [0, 0.1) is 40.9 Å². The van der Waals surface area contributed by atoms with Crippen LogP contribution in [0.25, 0.3) is 0 Å². The van der Waals surface area contributed by atoms with Crippen LogP contribution in [0.15, 0.2) is 11.6 Å². The van der Waals surface area contributed by atoms with E-state index in [2.05, 4.69) is 19.8 Å². The van der Waals surface area contributed by atoms with Gasteiger partial charge in [-0.15, -0.1) is 6.42 Å². The van der Waals surface area contributed by atoms with Crippen molar-refractivity contribution >= 4 is 0 Å². The summed E-state index contributed by atoms with van der Waals surface area (Å²) >= 11 is 0. The Morgan fingerprint density at radius 3 is 2.58 bits per heavy atom. The van der Waals surface area contributed by atoms with Crippen molar-refractivity contribution in [3.8, 4) is 12.3 Å². The summed E-state index contributed by atoms with van der Waals surface area (Å²) in [7, 11) is 1.62. The molecule has 3 N–H and O–H groups in total. The van der Waals surface area contributed by atoms with E-state index in [1.165, 1.54) is 5.57 Å². The van der Waals surface area contributed by atoms with Gasteiger partial charge in [0.2, 0.25) is 0 Å². The molecule has 0 aliphatic heterocycles. The molecule has 0 amide bonds. The first-order chi connectivity index (χ1) is 12.2. The molecule has 3 saturated carbocycles. The van der Waals surface area contributed by atoms with Gasteiger partial charge in [-0.3, -0.25) is 0 Å². The zero-order valence-corrected chi connectivity index (χ0v) is 16.1. The Morgan fingerprint density at radius 2 is 1.92 bits per heavy atom. The lowest BCUT2D eigenvalue weighted by Gasteiger charge is -2.59. The molecule has 3 fully saturated rings. The lowest BCUT2D eigenvalue weighted by atomic mass is 9.46. The third-order valence-electron chi connectivity index (χ3n) is 8.80. The smallest absolute Gasteiger partial charge is 0.156 e. The number of fused-ring (bicyclic) bond motifs is 5. The molecule has 4 aliphatic rings. The monoisotopic (exact) mass is 360 g/mol. The van der Waals surface area contributed by atoms with Crippen LogP contribution >= 0.6 is 0 Å². The van der Waals surface area contributed by atoms with Gasteiger partial charge >= 0.3 is 0 Å². The number of methoxy groups -OCH3 is 1. The minimum Gasteiger partial charge on any atom is -0.393 e. The molecule has 0 heterocycles. The number of ether oxygens (including phenoxy) is 1. The highest BCUT2D eigenvalue weighted by Crippen LogP contribution is 2.67. The summed E-state index contributed by atoms with van der Waals surface area (Å²) in [5.74, 6) is 3.23. The fourth-order valence-corrected chi connectivity index (χ4v) is 7.16. The molecule has 26 heavy (non-hydrogen) atoms. The van der Waals surface area contributed by atoms with Gasteiger partial charge in [-0.2, -0.15) is 0 Å². The molecule has 9 atom stereocenters. The van der Waals surface area contributed by atoms with Crippen molar-refractivity contribution in [1.29, 1.82) is 0 Å². The maximum absolute atomic E-state index is 11.3. The van der Waals surface area contributed by atoms with E-state index in [0.717, 1.165) is 25.7 Å². The fraction of sp³-hybridized carbons (Fsp3) is 0.818. The van der Waals surface area contributed by atoms with E-state index in [9.17, 15) is 15.3 Å². The Hall–Kier alpha value is -0.860. The predicted octanol–water partition coefficient (Wildman–Crippen LogP) is 2.27. The second kappa shape index (κ2) is 5.82. The Balaban J connectivity index is 1.76. The van der Waals surface area contributed by atoms with E-state index >= 15 is 0 Å². The number of hydrogen-bond acceptors (Lipinski definition) is 4. The van der Waals surface area contributed by atoms with Gasteiger partial charge in [-0.05, 0) is 61.7 Å². The SMILES string of the molecule is C#CC1(O)C(OC)C[C@H]2[C@@H]3C(O)C=C4CC(O)CC[C@]4(C)[C@@H]3CC[C@@]21C. The van der Waals surface area contributed by atoms with Gasteiger partial charge in [0.05, 0.1) is 18.3 Å². The Kier molecular flexibility index (Phi) is 4.14. The Labute approximate surface area is 156 Å². The zero-order chi connectivity index (χ0) is 18.9. The van der Waals surface area contributed by atoms with Gasteiger partial charge in [0.25, 0.3) is 0 Å². The number of terminal acetylenes is 1. The average Bonchev–Trinajstić information content (AvgIpc) is 2.84. The predicted molar refractivity (Wildman–Crippen MR) is 99.1 cm³/mol. The van der Waals surface area contributed by atoms with Crippen LogP contribution in [-0.2, 0) is 4.74 Å². The van der Waals surface area contributed by atoms with Crippen LogP contribution in [0.1, 0.15) is 52.4 Å². The average molecular weight is 360 g/mol. The summed E-state index contributed by atoms with van der Waals surface area (Å²) in [6.07, 6.45) is 11.5. The molecule has 4 heteroatoms. The van der Waals surface area contributed by atoms with Crippen LogP contribution in [0.2, 0.25) is 0 Å². The van der Waals surface area contributed by atoms with Gasteiger partial charge in [-0.1, -0.05) is 31.4 Å². The highest BCUT2D eigenvalue weighted by molar-refractivity contribution is 5.32. The van der Waals surface area contributed by atoms with Crippen LogP contribution in [-0.4, -0.2) is 46.3 Å². The Morgan fingerprint density at radius 1 is 1.19 bits per heavy atom. The van der Waals surface area contributed by atoms with E-state index in [1.54, 1.807) is 7.11 Å². The lowest BCUT2D eigenvalue weighted by Crippen LogP contribution is -2.58. The second-order valence-corrected chi connectivity index (χ2v) is 9.61. The topological polar surface area (TPSA) is 69.9 Å². The van der Waals surface area contributed by atoms with Crippen LogP contribution < -0.4 is 0 Å². The first-order valence-corrected chi connectivity index (χ1v) is 10.0. The molecule has 4 aliphatic carbocycles. The highest BCUT2D eigenvalue weighted by Gasteiger charge is 2.68. The minimum atomic E-state index is -1.29. The summed E-state index contributed by atoms with van der Waals surface area (Å²) in [6, 6.07) is 0. The molecule has 144 valence electrons. The summed E-state index contributed by atoms with van der Waals surface area (Å²) in [5, 5.41) is 32.5. The first kappa shape index (κ1) is 18.5. The molecule has 0 aromatic rings. The fourth-order valence-electron chi connectivity index (χ4n) is 7.16. The van der Waals surface area contributed by atoms with Crippen molar-refractivity contribution in [3.63, 3.8) is 0 Å². The van der Waals surface area contributed by atoms with E-state index in [0.29, 0.717) is 18.8 Å². The van der Waals surface area contributed by atoms with Crippen molar-refractivity contribution < 1.29 is 20.1 Å². The summed E-state index contributed by atoms with van der Waals surface area (Å²) in [5.41, 5.74) is -0.475. The third kappa shape index (κ3) is 2.12. The van der Waals surface area contributed by atoms with E-state index in [-0.39, 0.29) is 29.5 Å². The van der Waals surface area contributed by atoms with Crippen molar-refractivity contribution in [2.24, 2.45) is 28.6 Å². The quantitative estimate of drug-likeness (QED) is 0.496. The van der Waals surface area contributed by atoms with E-state index in [4.69, 9.17) is 11.2 Å². The standard InChI is InChI=1S/C22H32O4/c1-5-22(25)18(26-4)12-16-19-15(7-9-21(16,22)3)20(2)8-6-14(23)10-13(20)11-17(19)24/h1,11,14-19,23-25H,6-10,12H2,2-4H3/t14?,15-,16+,17?,18?,19-,20+,21+,22?/m1/s1. The maximum Gasteiger partial charge on any atom is 0.156 e. The largest absolute Gasteiger partial charge is 0.393 e. The number of hydrogen-bond donors (Lipinski definition) is 3. The normalized spacial score (nSPS) is 56.0. The first-order valence-electron chi connectivity index (χ1n) is 10.0. The summed E-state index contributed by atoms with van der Waals surface area (Å²) in [6.45, 7) is 4.40. The second-order valence-electron chi connectivity index (χ2n) is 9.61. The van der Waals surface area contributed by atoms with E-state index in [1.807, 2.05) is 6.08 Å². The van der Waals surface area contributed by atoms with Crippen molar-refractivity contribution in [2.45, 2.75) is 76.3 Å². The van der Waals surface area contributed by atoms with Gasteiger partial charge < -0.3 is 20.1 Å². The number of rotatable bonds is 1. The maximum atomic E-state index is 11.3. The summed E-state index contributed by atoms with van der Waals surface area (Å²) in [4.78, 5) is 0. The van der Waals surface area contributed by atoms with Crippen molar-refractivity contribution in [1.82, 2.24) is 0 Å². The highest BCUT2D eigenvalue weighted by atomic mass is 16.5. The Bertz CT molecular complexity index is 666. The van der Waals surface area contributed by atoms with E-state index < -0.39 is 17.1 Å². The molecular weight excluding hydrogens is 328 g/mol. The van der Waals surface area contributed by atoms with Crippen molar-refractivity contribution in [2.75, 3.05) is 7.11 Å². The molecule has 0 saturated heterocycles. The molecule has 4 rings (SSSR count). The van der Waals surface area contributed by atoms with Crippen LogP contribution in [0.5, 0.6) is 0 Å². The molecule has 4 nitrogen and oxygen atoms in total. The molecule has 4 unspecified atom stereocenters. The van der Waals surface area contributed by atoms with Gasteiger partial charge in [-0.25, -0.2) is 0 Å². The lowest BCUT2D eigenvalue weighted by molar-refractivity contribution is -0.139. The van der Waals surface area contributed by atoms with Gasteiger partial charge in [0.1, 0.15) is 0 Å². The molecule has 0 aromatic heterocycles. The number of aliphatic hydroxyl groups is 3. The van der Waals surface area contributed by atoms with Gasteiger partial charge in [0.15, 0.2) is 5.60 Å². The zero-order valence-electron chi connectivity index (χ0n) is 16.1. The molecule has 0 bridgehead atoms. The number of aliphatic hydroxyl groups excluding tert-OH is 2. The summed E-state index contributed by atoms with van der Waals surface area (Å²) < 4.78 is 5.61. The van der Waals surface area contributed by atoms with Crippen LogP contribution in [0.3, 0.4) is 0 Å². The molecule has 0 aromatic carbocycles. The molecule has 0 spiro atoms.